The Morgan fingerprint density at radius 2 is 1.83 bits per heavy atom. The van der Waals surface area contributed by atoms with E-state index < -0.39 is 28.1 Å². The minimum Gasteiger partial charge on any atom is -0.615 e. The molecule has 23 heavy (non-hydrogen) atoms. The van der Waals surface area contributed by atoms with Crippen molar-refractivity contribution in [1.82, 2.24) is 5.06 Å². The van der Waals surface area contributed by atoms with Crippen LogP contribution in [0.1, 0.15) is 38.1 Å². The van der Waals surface area contributed by atoms with Crippen LogP contribution in [0.4, 0.5) is 4.39 Å². The molecule has 1 N–H and O–H groups in total. The number of hydrogen-bond donors (Lipinski definition) is 1. The number of hydroxylamine groups is 3. The van der Waals surface area contributed by atoms with Crippen LogP contribution in [-0.2, 0) is 0 Å². The van der Waals surface area contributed by atoms with Crippen molar-refractivity contribution in [3.63, 3.8) is 0 Å². The lowest BCUT2D eigenvalue weighted by atomic mass is 9.99. The molecule has 2 rings (SSSR count). The Kier molecular flexibility index (Phi) is 4.32. The zero-order valence-electron chi connectivity index (χ0n) is 13.2. The van der Waals surface area contributed by atoms with Gasteiger partial charge in [-0.25, -0.2) is 9.18 Å². The van der Waals surface area contributed by atoms with Crippen molar-refractivity contribution in [2.45, 2.75) is 38.9 Å². The normalized spacial score (nSPS) is 20.9. The first kappa shape index (κ1) is 17.5. The van der Waals surface area contributed by atoms with Crippen LogP contribution in [-0.4, -0.2) is 43.0 Å². The summed E-state index contributed by atoms with van der Waals surface area (Å²) in [5.74, 6) is -1.46. The van der Waals surface area contributed by atoms with Gasteiger partial charge in [0.2, 0.25) is 0 Å². The van der Waals surface area contributed by atoms with Crippen LogP contribution in [0.15, 0.2) is 29.3 Å². The van der Waals surface area contributed by atoms with Crippen molar-refractivity contribution in [3.8, 4) is 0 Å². The second kappa shape index (κ2) is 5.67. The lowest BCUT2D eigenvalue weighted by Gasteiger charge is -2.33. The molecule has 8 heteroatoms. The van der Waals surface area contributed by atoms with E-state index in [0.717, 1.165) is 17.2 Å². The fourth-order valence-electron chi connectivity index (χ4n) is 2.44. The standard InChI is InChI=1S/C15H17ClFN3O3/c1-14(2)11(18-15(3,4)20(14)23)12(16)19(22)13(21)9-5-7-10(17)8-6-9/h5-8,23H,1-4H3/b19-12-. The number of hydrogen-bond acceptors (Lipinski definition) is 5. The molecule has 1 amide bonds. The molecule has 0 fully saturated rings. The van der Waals surface area contributed by atoms with Gasteiger partial charge in [0.05, 0.1) is 11.1 Å². The summed E-state index contributed by atoms with van der Waals surface area (Å²) < 4.78 is 12.9. The average Bonchev–Trinajstić information content (AvgIpc) is 2.65. The predicted octanol–water partition coefficient (Wildman–Crippen LogP) is 2.77. The third kappa shape index (κ3) is 2.99. The first-order valence-corrected chi connectivity index (χ1v) is 7.26. The molecule has 0 aliphatic carbocycles. The van der Waals surface area contributed by atoms with Gasteiger partial charge < -0.3 is 10.4 Å². The fraction of sp³-hybridized carbons (Fsp3) is 0.400. The van der Waals surface area contributed by atoms with Crippen LogP contribution in [0, 0.1) is 11.0 Å². The third-order valence-corrected chi connectivity index (χ3v) is 3.99. The van der Waals surface area contributed by atoms with E-state index in [4.69, 9.17) is 11.6 Å². The highest BCUT2D eigenvalue weighted by molar-refractivity contribution is 6.83. The summed E-state index contributed by atoms with van der Waals surface area (Å²) >= 11 is 6.06. The van der Waals surface area contributed by atoms with Crippen LogP contribution < -0.4 is 0 Å². The maximum absolute atomic E-state index is 12.9. The molecule has 0 atom stereocenters. The maximum atomic E-state index is 12.9. The molecule has 1 aliphatic rings. The summed E-state index contributed by atoms with van der Waals surface area (Å²) in [6.07, 6.45) is 0. The quantitative estimate of drug-likeness (QED) is 0.388. The van der Waals surface area contributed by atoms with E-state index in [-0.39, 0.29) is 16.0 Å². The monoisotopic (exact) mass is 341 g/mol. The van der Waals surface area contributed by atoms with Gasteiger partial charge in [0.1, 0.15) is 17.2 Å². The summed E-state index contributed by atoms with van der Waals surface area (Å²) in [6.45, 7) is 6.53. The number of rotatable bonds is 2. The summed E-state index contributed by atoms with van der Waals surface area (Å²) in [6, 6.07) is 4.53. The Morgan fingerprint density at radius 3 is 2.26 bits per heavy atom. The predicted molar refractivity (Wildman–Crippen MR) is 84.4 cm³/mol. The molecule has 1 aromatic carbocycles. The van der Waals surface area contributed by atoms with Crippen molar-refractivity contribution in [2.75, 3.05) is 0 Å². The highest BCUT2D eigenvalue weighted by Gasteiger charge is 2.51. The molecule has 0 aromatic heterocycles. The van der Waals surface area contributed by atoms with Crippen molar-refractivity contribution in [3.05, 3.63) is 40.9 Å². The number of amides is 1. The molecule has 0 saturated carbocycles. The zero-order chi connectivity index (χ0) is 17.6. The van der Waals surface area contributed by atoms with Crippen molar-refractivity contribution in [2.24, 2.45) is 4.99 Å². The minimum atomic E-state index is -1.05. The van der Waals surface area contributed by atoms with Crippen molar-refractivity contribution in [1.29, 1.82) is 0 Å². The molecule has 0 spiro atoms. The Morgan fingerprint density at radius 1 is 1.30 bits per heavy atom. The van der Waals surface area contributed by atoms with E-state index in [2.05, 4.69) is 4.99 Å². The molecule has 1 aliphatic heterocycles. The van der Waals surface area contributed by atoms with Gasteiger partial charge in [-0.3, -0.25) is 4.99 Å². The van der Waals surface area contributed by atoms with E-state index >= 15 is 0 Å². The minimum absolute atomic E-state index is 0.00364. The summed E-state index contributed by atoms with van der Waals surface area (Å²) in [5, 5.41) is 22.9. The molecule has 1 heterocycles. The molecule has 6 nitrogen and oxygen atoms in total. The van der Waals surface area contributed by atoms with Crippen LogP contribution in [0.3, 0.4) is 0 Å². The van der Waals surface area contributed by atoms with E-state index in [9.17, 15) is 19.6 Å². The highest BCUT2D eigenvalue weighted by Crippen LogP contribution is 2.34. The number of carbonyl (C=O) groups excluding carboxylic acids is 1. The Labute approximate surface area is 138 Å². The topological polar surface area (TPSA) is 79.0 Å². The number of halogens is 2. The molecule has 0 bridgehead atoms. The molecule has 0 radical (unpaired) electrons. The lowest BCUT2D eigenvalue weighted by molar-refractivity contribution is -0.347. The molecular weight excluding hydrogens is 325 g/mol. The number of aliphatic imine (C=N–C) groups is 1. The maximum Gasteiger partial charge on any atom is 0.431 e. The van der Waals surface area contributed by atoms with E-state index in [1.54, 1.807) is 27.7 Å². The van der Waals surface area contributed by atoms with Crippen LogP contribution in [0.25, 0.3) is 0 Å². The second-order valence-corrected chi connectivity index (χ2v) is 6.58. The Balaban J connectivity index is 2.45. The summed E-state index contributed by atoms with van der Waals surface area (Å²) in [7, 11) is 0. The Bertz CT molecular complexity index is 711. The molecular formula is C15H17ClFN3O3. The van der Waals surface area contributed by atoms with Gasteiger partial charge in [0.25, 0.3) is 0 Å². The van der Waals surface area contributed by atoms with Gasteiger partial charge in [-0.1, -0.05) is 0 Å². The van der Waals surface area contributed by atoms with Crippen molar-refractivity contribution < 1.29 is 19.1 Å². The summed E-state index contributed by atoms with van der Waals surface area (Å²) in [5.41, 5.74) is -1.95. The third-order valence-electron chi connectivity index (χ3n) is 3.66. The zero-order valence-corrected chi connectivity index (χ0v) is 13.9. The van der Waals surface area contributed by atoms with Gasteiger partial charge in [0, 0.05) is 0 Å². The molecule has 0 saturated heterocycles. The number of benzene rings is 1. The van der Waals surface area contributed by atoms with Crippen LogP contribution in [0.5, 0.6) is 0 Å². The first-order chi connectivity index (χ1) is 10.5. The van der Waals surface area contributed by atoms with Gasteiger partial charge in [-0.05, 0) is 63.6 Å². The molecule has 1 aromatic rings. The van der Waals surface area contributed by atoms with Crippen molar-refractivity contribution >= 4 is 28.4 Å². The molecule has 0 unspecified atom stereocenters. The highest BCUT2D eigenvalue weighted by atomic mass is 35.5. The Hall–Kier alpha value is -1.83. The number of carbonyl (C=O) groups is 1. The van der Waals surface area contributed by atoms with E-state index in [1.807, 2.05) is 0 Å². The summed E-state index contributed by atoms with van der Waals surface area (Å²) in [4.78, 5) is 16.4. The lowest BCUT2D eigenvalue weighted by Crippen LogP contribution is -2.51. The number of nitrogens with zero attached hydrogens (tertiary/aromatic N) is 3. The van der Waals surface area contributed by atoms with Crippen LogP contribution >= 0.6 is 11.6 Å². The van der Waals surface area contributed by atoms with Gasteiger partial charge in [0.15, 0.2) is 0 Å². The molecule has 124 valence electrons. The van der Waals surface area contributed by atoms with E-state index in [1.165, 1.54) is 12.1 Å². The average molecular weight is 342 g/mol. The van der Waals surface area contributed by atoms with Gasteiger partial charge in [-0.2, -0.15) is 5.06 Å². The van der Waals surface area contributed by atoms with Crippen LogP contribution in [0.2, 0.25) is 0 Å². The second-order valence-electron chi connectivity index (χ2n) is 6.22. The first-order valence-electron chi connectivity index (χ1n) is 6.88. The smallest absolute Gasteiger partial charge is 0.431 e. The fourth-order valence-corrected chi connectivity index (χ4v) is 2.79. The SMILES string of the molecule is CC1(C)N=C(/C(Cl)=[N+](/[O-])C(=O)c2ccc(F)cc2)C(C)(C)N1O. The van der Waals surface area contributed by atoms with E-state index in [0.29, 0.717) is 0 Å². The largest absolute Gasteiger partial charge is 0.615 e. The van der Waals surface area contributed by atoms with Gasteiger partial charge in [-0.15, -0.1) is 4.74 Å². The van der Waals surface area contributed by atoms with Gasteiger partial charge >= 0.3 is 11.1 Å².